The van der Waals surface area contributed by atoms with Crippen molar-refractivity contribution in [1.29, 1.82) is 0 Å². The minimum Gasteiger partial charge on any atom is -0.312 e. The van der Waals surface area contributed by atoms with E-state index in [4.69, 9.17) is 23.2 Å². The Labute approximate surface area is 144 Å². The second kappa shape index (κ2) is 5.44. The normalized spacial score (nSPS) is 18.9. The fourth-order valence-corrected chi connectivity index (χ4v) is 4.96. The summed E-state index contributed by atoms with van der Waals surface area (Å²) in [7, 11) is -3.69. The Morgan fingerprint density at radius 1 is 1.13 bits per heavy atom. The van der Waals surface area contributed by atoms with E-state index in [0.29, 0.717) is 29.9 Å². The molecule has 1 aliphatic carbocycles. The van der Waals surface area contributed by atoms with E-state index in [1.54, 1.807) is 0 Å². The van der Waals surface area contributed by atoms with E-state index in [-0.39, 0.29) is 16.5 Å². The van der Waals surface area contributed by atoms with Gasteiger partial charge in [0.2, 0.25) is 10.0 Å². The standard InChI is InChI=1S/C14H14Cl2N4O2S/c15-10-3-4-12(11(16)7-10)23(21,22)19-5-6-20-13(8-19)17-18-14(20)9-1-2-9/h3-4,7,9H,1-2,5-6,8H2. The van der Waals surface area contributed by atoms with E-state index < -0.39 is 10.0 Å². The summed E-state index contributed by atoms with van der Waals surface area (Å²) in [6.45, 7) is 1.16. The number of fused-ring (bicyclic) bond motifs is 1. The van der Waals surface area contributed by atoms with Gasteiger partial charge in [0.15, 0.2) is 0 Å². The number of hydrogen-bond acceptors (Lipinski definition) is 4. The smallest absolute Gasteiger partial charge is 0.245 e. The lowest BCUT2D eigenvalue weighted by Gasteiger charge is -2.27. The largest absolute Gasteiger partial charge is 0.312 e. The molecule has 0 amide bonds. The van der Waals surface area contributed by atoms with E-state index in [1.807, 2.05) is 4.57 Å². The van der Waals surface area contributed by atoms with Crippen molar-refractivity contribution in [2.75, 3.05) is 6.54 Å². The van der Waals surface area contributed by atoms with Gasteiger partial charge in [0.1, 0.15) is 16.5 Å². The third-order valence-corrected chi connectivity index (χ3v) is 6.76. The van der Waals surface area contributed by atoms with E-state index in [2.05, 4.69) is 10.2 Å². The summed E-state index contributed by atoms with van der Waals surface area (Å²) in [6, 6.07) is 4.40. The van der Waals surface area contributed by atoms with Gasteiger partial charge in [-0.05, 0) is 31.0 Å². The second-order valence-corrected chi connectivity index (χ2v) is 8.56. The maximum atomic E-state index is 12.8. The molecule has 2 heterocycles. The highest BCUT2D eigenvalue weighted by Crippen LogP contribution is 2.40. The van der Waals surface area contributed by atoms with E-state index in [1.165, 1.54) is 22.5 Å². The molecule has 0 spiro atoms. The lowest BCUT2D eigenvalue weighted by molar-refractivity contribution is 0.332. The van der Waals surface area contributed by atoms with Crippen LogP contribution in [0.4, 0.5) is 0 Å². The maximum absolute atomic E-state index is 12.8. The summed E-state index contributed by atoms with van der Waals surface area (Å²) >= 11 is 11.9. The first-order chi connectivity index (χ1) is 11.0. The molecule has 1 aromatic carbocycles. The highest BCUT2D eigenvalue weighted by molar-refractivity contribution is 7.89. The Morgan fingerprint density at radius 3 is 2.61 bits per heavy atom. The molecule has 9 heteroatoms. The summed E-state index contributed by atoms with van der Waals surface area (Å²) in [5.41, 5.74) is 0. The molecular weight excluding hydrogens is 359 g/mol. The minimum atomic E-state index is -3.69. The third kappa shape index (κ3) is 2.65. The molecule has 0 radical (unpaired) electrons. The maximum Gasteiger partial charge on any atom is 0.245 e. The van der Waals surface area contributed by atoms with Gasteiger partial charge in [-0.1, -0.05) is 23.2 Å². The number of hydrogen-bond donors (Lipinski definition) is 0. The van der Waals surface area contributed by atoms with Crippen LogP contribution in [0.15, 0.2) is 23.1 Å². The highest BCUT2D eigenvalue weighted by Gasteiger charge is 2.35. The second-order valence-electron chi connectivity index (χ2n) is 5.81. The number of aromatic nitrogens is 3. The fraction of sp³-hybridized carbons (Fsp3) is 0.429. The van der Waals surface area contributed by atoms with Crippen LogP contribution in [0.3, 0.4) is 0 Å². The molecule has 4 rings (SSSR count). The summed E-state index contributed by atoms with van der Waals surface area (Å²) in [4.78, 5) is 0.0685. The number of halogens is 2. The van der Waals surface area contributed by atoms with Crippen LogP contribution < -0.4 is 0 Å². The van der Waals surface area contributed by atoms with Gasteiger partial charge in [0, 0.05) is 24.0 Å². The van der Waals surface area contributed by atoms with Gasteiger partial charge in [-0.2, -0.15) is 4.31 Å². The molecule has 0 atom stereocenters. The lowest BCUT2D eigenvalue weighted by Crippen LogP contribution is -2.38. The zero-order valence-corrected chi connectivity index (χ0v) is 14.4. The van der Waals surface area contributed by atoms with Crippen LogP contribution >= 0.6 is 23.2 Å². The zero-order chi connectivity index (χ0) is 16.2. The first-order valence-electron chi connectivity index (χ1n) is 7.34. The zero-order valence-electron chi connectivity index (χ0n) is 12.1. The molecule has 1 aliphatic heterocycles. The Bertz CT molecular complexity index is 877. The van der Waals surface area contributed by atoms with Crippen molar-refractivity contribution in [2.45, 2.75) is 36.7 Å². The van der Waals surface area contributed by atoms with E-state index >= 15 is 0 Å². The van der Waals surface area contributed by atoms with Crippen LogP contribution in [0.5, 0.6) is 0 Å². The van der Waals surface area contributed by atoms with Crippen LogP contribution in [0.2, 0.25) is 10.0 Å². The molecule has 122 valence electrons. The van der Waals surface area contributed by atoms with Crippen LogP contribution in [0, 0.1) is 0 Å². The molecule has 2 aromatic rings. The third-order valence-electron chi connectivity index (χ3n) is 4.20. The van der Waals surface area contributed by atoms with Gasteiger partial charge in [-0.25, -0.2) is 8.42 Å². The molecular formula is C14H14Cl2N4O2S. The van der Waals surface area contributed by atoms with Gasteiger partial charge < -0.3 is 4.57 Å². The highest BCUT2D eigenvalue weighted by atomic mass is 35.5. The van der Waals surface area contributed by atoms with Crippen LogP contribution in [-0.2, 0) is 23.1 Å². The summed E-state index contributed by atoms with van der Waals surface area (Å²) in [5.74, 6) is 2.17. The van der Waals surface area contributed by atoms with Crippen molar-refractivity contribution in [3.63, 3.8) is 0 Å². The molecule has 1 saturated carbocycles. The Balaban J connectivity index is 1.65. The van der Waals surface area contributed by atoms with Crippen molar-refractivity contribution >= 4 is 33.2 Å². The monoisotopic (exact) mass is 372 g/mol. The molecule has 1 fully saturated rings. The summed E-state index contributed by atoms with van der Waals surface area (Å²) < 4.78 is 29.1. The van der Waals surface area contributed by atoms with Crippen LogP contribution in [0.1, 0.15) is 30.4 Å². The predicted molar refractivity (Wildman–Crippen MR) is 86.1 cm³/mol. The summed E-state index contributed by atoms with van der Waals surface area (Å²) in [5, 5.41) is 8.92. The molecule has 1 aromatic heterocycles. The van der Waals surface area contributed by atoms with Gasteiger partial charge in [-0.3, -0.25) is 0 Å². The van der Waals surface area contributed by atoms with Crippen molar-refractivity contribution in [2.24, 2.45) is 0 Å². The quantitative estimate of drug-likeness (QED) is 0.830. The average molecular weight is 373 g/mol. The number of nitrogens with zero attached hydrogens (tertiary/aromatic N) is 4. The van der Waals surface area contributed by atoms with Crippen molar-refractivity contribution in [1.82, 2.24) is 19.1 Å². The Morgan fingerprint density at radius 2 is 1.91 bits per heavy atom. The molecule has 6 nitrogen and oxygen atoms in total. The van der Waals surface area contributed by atoms with E-state index in [9.17, 15) is 8.42 Å². The molecule has 0 bridgehead atoms. The molecule has 2 aliphatic rings. The predicted octanol–water partition coefficient (Wildman–Crippen LogP) is 2.67. The van der Waals surface area contributed by atoms with Gasteiger partial charge >= 0.3 is 0 Å². The average Bonchev–Trinajstić information content (AvgIpc) is 3.26. The lowest BCUT2D eigenvalue weighted by atomic mass is 10.3. The first kappa shape index (κ1) is 15.4. The Hall–Kier alpha value is -1.15. The van der Waals surface area contributed by atoms with Crippen molar-refractivity contribution < 1.29 is 8.42 Å². The molecule has 23 heavy (non-hydrogen) atoms. The first-order valence-corrected chi connectivity index (χ1v) is 9.53. The fourth-order valence-electron chi connectivity index (χ4n) is 2.83. The van der Waals surface area contributed by atoms with Gasteiger partial charge in [0.25, 0.3) is 0 Å². The van der Waals surface area contributed by atoms with Crippen LogP contribution in [-0.4, -0.2) is 34.0 Å². The molecule has 0 N–H and O–H groups in total. The van der Waals surface area contributed by atoms with E-state index in [0.717, 1.165) is 18.7 Å². The minimum absolute atomic E-state index is 0.0685. The van der Waals surface area contributed by atoms with Crippen molar-refractivity contribution in [3.8, 4) is 0 Å². The molecule has 0 saturated heterocycles. The number of rotatable bonds is 3. The SMILES string of the molecule is O=S(=O)(c1ccc(Cl)cc1Cl)N1CCn2c(nnc2C2CC2)C1. The molecule has 0 unspecified atom stereocenters. The Kier molecular flexibility index (Phi) is 3.64. The topological polar surface area (TPSA) is 68.1 Å². The van der Waals surface area contributed by atoms with Crippen LogP contribution in [0.25, 0.3) is 0 Å². The number of benzene rings is 1. The van der Waals surface area contributed by atoms with Gasteiger partial charge in [-0.15, -0.1) is 10.2 Å². The number of sulfonamides is 1. The van der Waals surface area contributed by atoms with Crippen molar-refractivity contribution in [3.05, 3.63) is 39.9 Å². The summed E-state index contributed by atoms with van der Waals surface area (Å²) in [6.07, 6.45) is 2.28. The van der Waals surface area contributed by atoms with Gasteiger partial charge in [0.05, 0.1) is 11.6 Å².